The Kier molecular flexibility index (Phi) is 5.00. The van der Waals surface area contributed by atoms with Crippen molar-refractivity contribution in [2.24, 2.45) is 0 Å². The number of hydrogen-bond acceptors (Lipinski definition) is 5. The Morgan fingerprint density at radius 2 is 2.00 bits per heavy atom. The molecule has 0 aliphatic carbocycles. The van der Waals surface area contributed by atoms with E-state index in [2.05, 4.69) is 4.98 Å². The minimum absolute atomic E-state index is 0.0939. The number of carbonyl (C=O) groups excluding carboxylic acids is 1. The van der Waals surface area contributed by atoms with Gasteiger partial charge in [0.15, 0.2) is 0 Å². The van der Waals surface area contributed by atoms with Crippen molar-refractivity contribution in [3.8, 4) is 5.88 Å². The third kappa shape index (κ3) is 4.32. The molecule has 0 spiro atoms. The first kappa shape index (κ1) is 19.0. The highest BCUT2D eigenvalue weighted by atomic mass is 16.6. The molecule has 2 aromatic rings. The van der Waals surface area contributed by atoms with Gasteiger partial charge in [-0.1, -0.05) is 18.2 Å². The molecule has 140 valence electrons. The standard InChI is InChI=1S/C19H21BN2O5/c1-19(2,3)27-18(25)22-10-12(9-14(22)17(23)24)26-16-13-7-5-4-6-11(13)8-15(20)21-16/h4-8,12,14H,9-10H2,1-3H3,(H,23,24)/t12-,14+/m1/s1. The molecule has 3 rings (SSSR count). The van der Waals surface area contributed by atoms with Crippen molar-refractivity contribution in [3.63, 3.8) is 0 Å². The maximum Gasteiger partial charge on any atom is 0.411 e. The van der Waals surface area contributed by atoms with E-state index in [0.717, 1.165) is 10.8 Å². The van der Waals surface area contributed by atoms with E-state index in [4.69, 9.17) is 17.3 Å². The van der Waals surface area contributed by atoms with E-state index >= 15 is 0 Å². The molecule has 1 aromatic carbocycles. The van der Waals surface area contributed by atoms with Gasteiger partial charge in [-0.3, -0.25) is 4.90 Å². The fourth-order valence-corrected chi connectivity index (χ4v) is 3.07. The molecular formula is C19H21BN2O5. The summed E-state index contributed by atoms with van der Waals surface area (Å²) >= 11 is 0. The Bertz CT molecular complexity index is 880. The first-order valence-corrected chi connectivity index (χ1v) is 8.68. The number of carbonyl (C=O) groups is 2. The van der Waals surface area contributed by atoms with Crippen LogP contribution in [0.4, 0.5) is 4.79 Å². The maximum atomic E-state index is 12.4. The fourth-order valence-electron chi connectivity index (χ4n) is 3.07. The minimum atomic E-state index is -1.10. The smallest absolute Gasteiger partial charge is 0.411 e. The maximum absolute atomic E-state index is 12.4. The van der Waals surface area contributed by atoms with Gasteiger partial charge in [-0.2, -0.15) is 0 Å². The molecule has 1 amide bonds. The number of likely N-dealkylation sites (tertiary alicyclic amines) is 1. The average molecular weight is 368 g/mol. The summed E-state index contributed by atoms with van der Waals surface area (Å²) in [6.45, 7) is 5.28. The third-order valence-corrected chi connectivity index (χ3v) is 4.18. The van der Waals surface area contributed by atoms with Gasteiger partial charge in [0.2, 0.25) is 5.88 Å². The molecule has 0 bridgehead atoms. The van der Waals surface area contributed by atoms with Crippen LogP contribution in [0.3, 0.4) is 0 Å². The van der Waals surface area contributed by atoms with E-state index in [-0.39, 0.29) is 13.0 Å². The summed E-state index contributed by atoms with van der Waals surface area (Å²) in [5, 5.41) is 11.1. The summed E-state index contributed by atoms with van der Waals surface area (Å²) in [5.74, 6) is -0.775. The normalized spacial score (nSPS) is 19.9. The van der Waals surface area contributed by atoms with Gasteiger partial charge in [-0.05, 0) is 43.9 Å². The molecule has 1 fully saturated rings. The van der Waals surface area contributed by atoms with Crippen LogP contribution in [0.2, 0.25) is 0 Å². The second-order valence-corrected chi connectivity index (χ2v) is 7.54. The Morgan fingerprint density at radius 1 is 1.30 bits per heavy atom. The Labute approximate surface area is 158 Å². The molecule has 0 unspecified atom stereocenters. The summed E-state index contributed by atoms with van der Waals surface area (Å²) in [5.41, 5.74) is -0.412. The molecule has 7 nitrogen and oxygen atoms in total. The molecule has 1 N–H and O–H groups in total. The molecule has 0 saturated carbocycles. The molecule has 2 heterocycles. The largest absolute Gasteiger partial charge is 0.480 e. The van der Waals surface area contributed by atoms with Crippen molar-refractivity contribution in [2.45, 2.75) is 44.9 Å². The zero-order chi connectivity index (χ0) is 19.8. The highest BCUT2D eigenvalue weighted by Gasteiger charge is 2.43. The second-order valence-electron chi connectivity index (χ2n) is 7.54. The van der Waals surface area contributed by atoms with Crippen LogP contribution in [-0.4, -0.2) is 59.2 Å². The fraction of sp³-hybridized carbons (Fsp3) is 0.421. The molecular weight excluding hydrogens is 347 g/mol. The molecule has 1 aromatic heterocycles. The molecule has 2 radical (unpaired) electrons. The monoisotopic (exact) mass is 368 g/mol. The Balaban J connectivity index is 1.83. The number of fused-ring (bicyclic) bond motifs is 1. The lowest BCUT2D eigenvalue weighted by Gasteiger charge is -2.26. The topological polar surface area (TPSA) is 89.0 Å². The van der Waals surface area contributed by atoms with Gasteiger partial charge < -0.3 is 14.6 Å². The van der Waals surface area contributed by atoms with Crippen LogP contribution in [0.25, 0.3) is 10.8 Å². The number of benzene rings is 1. The van der Waals surface area contributed by atoms with Crippen LogP contribution in [0, 0.1) is 0 Å². The summed E-state index contributed by atoms with van der Waals surface area (Å²) in [6.07, 6.45) is -1.07. The van der Waals surface area contributed by atoms with Crippen LogP contribution in [0.5, 0.6) is 5.88 Å². The lowest BCUT2D eigenvalue weighted by molar-refractivity contribution is -0.142. The number of aromatic nitrogens is 1. The van der Waals surface area contributed by atoms with Crippen molar-refractivity contribution in [3.05, 3.63) is 30.3 Å². The van der Waals surface area contributed by atoms with Crippen molar-refractivity contribution < 1.29 is 24.2 Å². The Morgan fingerprint density at radius 3 is 2.67 bits per heavy atom. The molecule has 2 atom stereocenters. The zero-order valence-corrected chi connectivity index (χ0v) is 15.5. The summed E-state index contributed by atoms with van der Waals surface area (Å²) in [7, 11) is 5.85. The minimum Gasteiger partial charge on any atom is -0.480 e. The summed E-state index contributed by atoms with van der Waals surface area (Å²) in [4.78, 5) is 29.4. The first-order valence-electron chi connectivity index (χ1n) is 8.68. The summed E-state index contributed by atoms with van der Waals surface area (Å²) < 4.78 is 11.3. The van der Waals surface area contributed by atoms with Crippen LogP contribution < -0.4 is 10.3 Å². The van der Waals surface area contributed by atoms with Crippen LogP contribution in [-0.2, 0) is 9.53 Å². The third-order valence-electron chi connectivity index (χ3n) is 4.18. The predicted molar refractivity (Wildman–Crippen MR) is 101 cm³/mol. The van der Waals surface area contributed by atoms with Gasteiger partial charge >= 0.3 is 12.1 Å². The number of hydrogen-bond donors (Lipinski definition) is 1. The molecule has 27 heavy (non-hydrogen) atoms. The van der Waals surface area contributed by atoms with Crippen LogP contribution >= 0.6 is 0 Å². The number of nitrogens with zero attached hydrogens (tertiary/aromatic N) is 2. The quantitative estimate of drug-likeness (QED) is 0.833. The highest BCUT2D eigenvalue weighted by Crippen LogP contribution is 2.28. The van der Waals surface area contributed by atoms with Crippen molar-refractivity contribution in [2.75, 3.05) is 6.54 Å². The van der Waals surface area contributed by atoms with Crippen LogP contribution in [0.15, 0.2) is 30.3 Å². The second kappa shape index (κ2) is 7.10. The molecule has 1 aliphatic rings. The number of pyridine rings is 1. The molecule has 1 aliphatic heterocycles. The number of rotatable bonds is 3. The number of carboxylic acids is 1. The van der Waals surface area contributed by atoms with Crippen molar-refractivity contribution in [1.82, 2.24) is 9.88 Å². The van der Waals surface area contributed by atoms with Gasteiger partial charge in [0.05, 0.1) is 6.54 Å². The lowest BCUT2D eigenvalue weighted by atomic mass is 10.0. The van der Waals surface area contributed by atoms with Crippen molar-refractivity contribution in [1.29, 1.82) is 0 Å². The molecule has 1 saturated heterocycles. The highest BCUT2D eigenvalue weighted by molar-refractivity contribution is 6.31. The van der Waals surface area contributed by atoms with Gasteiger partial charge in [-0.25, -0.2) is 14.6 Å². The lowest BCUT2D eigenvalue weighted by Crippen LogP contribution is -2.43. The van der Waals surface area contributed by atoms with E-state index in [1.165, 1.54) is 4.90 Å². The van der Waals surface area contributed by atoms with Crippen LogP contribution in [0.1, 0.15) is 27.2 Å². The first-order chi connectivity index (χ1) is 12.6. The van der Waals surface area contributed by atoms with Gasteiger partial charge in [0.1, 0.15) is 25.6 Å². The van der Waals surface area contributed by atoms with E-state index in [1.807, 2.05) is 24.3 Å². The SMILES string of the molecule is [B]c1cc2ccccc2c(O[C@@H]2C[C@@H](C(=O)O)N(C(=O)OC(C)(C)C)C2)n1. The number of amides is 1. The van der Waals surface area contributed by atoms with E-state index in [9.17, 15) is 14.7 Å². The number of ether oxygens (including phenoxy) is 2. The van der Waals surface area contributed by atoms with E-state index in [1.54, 1.807) is 26.8 Å². The van der Waals surface area contributed by atoms with Crippen molar-refractivity contribution >= 4 is 36.3 Å². The number of carboxylic acid groups (broad SMARTS) is 1. The van der Waals surface area contributed by atoms with Gasteiger partial charge in [0.25, 0.3) is 0 Å². The summed E-state index contributed by atoms with van der Waals surface area (Å²) in [6, 6.07) is 8.20. The average Bonchev–Trinajstić information content (AvgIpc) is 2.97. The number of aliphatic carboxylic acids is 1. The van der Waals surface area contributed by atoms with Gasteiger partial charge in [0, 0.05) is 11.8 Å². The zero-order valence-electron chi connectivity index (χ0n) is 15.5. The Hall–Kier alpha value is -2.77. The molecule has 8 heteroatoms. The van der Waals surface area contributed by atoms with Gasteiger partial charge in [-0.15, -0.1) is 0 Å². The van der Waals surface area contributed by atoms with E-state index < -0.39 is 29.8 Å². The van der Waals surface area contributed by atoms with E-state index in [0.29, 0.717) is 11.5 Å². The predicted octanol–water partition coefficient (Wildman–Crippen LogP) is 1.87.